The number of fused-ring (bicyclic) bond motifs is 5. The summed E-state index contributed by atoms with van der Waals surface area (Å²) in [5.41, 5.74) is 6.52. The van der Waals surface area contributed by atoms with E-state index in [-0.39, 0.29) is 5.41 Å². The zero-order chi connectivity index (χ0) is 23.1. The van der Waals surface area contributed by atoms with Crippen molar-refractivity contribution in [3.63, 3.8) is 0 Å². The molecule has 2 heterocycles. The molecule has 0 bridgehead atoms. The molecular formula is C31H30NO+. The van der Waals surface area contributed by atoms with E-state index >= 15 is 0 Å². The lowest BCUT2D eigenvalue weighted by Crippen LogP contribution is -2.32. The second-order valence-corrected chi connectivity index (χ2v) is 10.9. The first-order chi connectivity index (χ1) is 15.7. The van der Waals surface area contributed by atoms with E-state index in [0.29, 0.717) is 0 Å². The molecule has 6 rings (SSSR count). The van der Waals surface area contributed by atoms with Crippen LogP contribution in [0.25, 0.3) is 43.6 Å². The van der Waals surface area contributed by atoms with Crippen LogP contribution in [0.2, 0.25) is 0 Å². The van der Waals surface area contributed by atoms with Gasteiger partial charge in [0.15, 0.2) is 6.20 Å². The number of nitrogens with zero attached hydrogens (tertiary/aromatic N) is 1. The molecule has 0 saturated carbocycles. The third-order valence-corrected chi connectivity index (χ3v) is 7.04. The van der Waals surface area contributed by atoms with Crippen molar-refractivity contribution < 1.29 is 9.30 Å². The van der Waals surface area contributed by atoms with Crippen molar-refractivity contribution in [3.8, 4) is 22.8 Å². The van der Waals surface area contributed by atoms with Crippen LogP contribution >= 0.6 is 0 Å². The second-order valence-electron chi connectivity index (χ2n) is 10.9. The highest BCUT2D eigenvalue weighted by Crippen LogP contribution is 2.52. The number of hydrogen-bond acceptors (Lipinski definition) is 1. The van der Waals surface area contributed by atoms with Crippen molar-refractivity contribution >= 4 is 32.3 Å². The lowest BCUT2D eigenvalue weighted by molar-refractivity contribution is -0.659. The molecule has 164 valence electrons. The lowest BCUT2D eigenvalue weighted by Gasteiger charge is -2.28. The average Bonchev–Trinajstić information content (AvgIpc) is 2.77. The Labute approximate surface area is 195 Å². The summed E-state index contributed by atoms with van der Waals surface area (Å²) in [6.45, 7) is 11.4. The molecule has 0 atom stereocenters. The lowest BCUT2D eigenvalue weighted by atomic mass is 9.81. The summed E-state index contributed by atoms with van der Waals surface area (Å²) >= 11 is 0. The molecular weight excluding hydrogens is 402 g/mol. The van der Waals surface area contributed by atoms with Crippen LogP contribution in [0.15, 0.2) is 60.8 Å². The van der Waals surface area contributed by atoms with Gasteiger partial charge in [0, 0.05) is 17.0 Å². The Bertz CT molecular complexity index is 1620. The monoisotopic (exact) mass is 432 g/mol. The van der Waals surface area contributed by atoms with Gasteiger partial charge >= 0.3 is 0 Å². The zero-order valence-corrected chi connectivity index (χ0v) is 20.3. The normalized spacial score (nSPS) is 12.9. The fraction of sp³-hybridized carbons (Fsp3) is 0.258. The van der Waals surface area contributed by atoms with Crippen LogP contribution in [0.3, 0.4) is 0 Å². The fourth-order valence-electron chi connectivity index (χ4n) is 5.61. The predicted octanol–water partition coefficient (Wildman–Crippen LogP) is 7.95. The number of benzene rings is 4. The van der Waals surface area contributed by atoms with Gasteiger partial charge in [-0.1, -0.05) is 68.8 Å². The van der Waals surface area contributed by atoms with Gasteiger partial charge in [0.25, 0.3) is 0 Å². The third kappa shape index (κ3) is 2.97. The van der Waals surface area contributed by atoms with Gasteiger partial charge in [-0.2, -0.15) is 0 Å². The molecule has 1 aliphatic rings. The van der Waals surface area contributed by atoms with Crippen molar-refractivity contribution in [2.75, 3.05) is 0 Å². The van der Waals surface area contributed by atoms with Crippen molar-refractivity contribution in [3.05, 3.63) is 77.5 Å². The molecule has 0 aliphatic carbocycles. The van der Waals surface area contributed by atoms with E-state index < -0.39 is 0 Å². The maximum Gasteiger partial charge on any atom is 0.228 e. The molecule has 1 aromatic heterocycles. The van der Waals surface area contributed by atoms with Gasteiger partial charge in [-0.05, 0) is 58.9 Å². The summed E-state index contributed by atoms with van der Waals surface area (Å²) < 4.78 is 9.18. The van der Waals surface area contributed by atoms with E-state index in [1.54, 1.807) is 0 Å². The number of pyridine rings is 1. The van der Waals surface area contributed by atoms with Crippen LogP contribution < -0.4 is 9.30 Å². The van der Waals surface area contributed by atoms with Crippen LogP contribution in [0.1, 0.15) is 37.5 Å². The van der Waals surface area contributed by atoms with Crippen LogP contribution in [-0.4, -0.2) is 0 Å². The van der Waals surface area contributed by atoms with E-state index in [9.17, 15) is 0 Å². The minimum Gasteiger partial charge on any atom is -0.455 e. The molecule has 2 heteroatoms. The molecule has 4 aromatic carbocycles. The van der Waals surface area contributed by atoms with Crippen LogP contribution in [0.4, 0.5) is 0 Å². The highest BCUT2D eigenvalue weighted by molar-refractivity contribution is 6.16. The number of aromatic nitrogens is 1. The van der Waals surface area contributed by atoms with E-state index in [1.807, 2.05) is 0 Å². The minimum absolute atomic E-state index is 0.140. The topological polar surface area (TPSA) is 13.1 Å². The molecule has 2 nitrogen and oxygen atoms in total. The zero-order valence-electron chi connectivity index (χ0n) is 20.3. The Morgan fingerprint density at radius 3 is 2.42 bits per heavy atom. The number of rotatable bonds is 1. The summed E-state index contributed by atoms with van der Waals surface area (Å²) in [5, 5.41) is 7.59. The van der Waals surface area contributed by atoms with E-state index in [4.69, 9.17) is 4.74 Å². The first kappa shape index (κ1) is 20.2. The number of ether oxygens (including phenoxy) is 1. The fourth-order valence-corrected chi connectivity index (χ4v) is 5.61. The summed E-state index contributed by atoms with van der Waals surface area (Å²) in [6.07, 6.45) is 3.16. The molecule has 0 amide bonds. The molecule has 33 heavy (non-hydrogen) atoms. The highest BCUT2D eigenvalue weighted by atomic mass is 16.5. The molecule has 0 N–H and O–H groups in total. The van der Waals surface area contributed by atoms with Gasteiger partial charge < -0.3 is 4.74 Å². The first-order valence-corrected chi connectivity index (χ1v) is 11.8. The van der Waals surface area contributed by atoms with Gasteiger partial charge in [0.05, 0.1) is 10.9 Å². The Kier molecular flexibility index (Phi) is 4.17. The molecule has 0 fully saturated rings. The maximum absolute atomic E-state index is 6.91. The summed E-state index contributed by atoms with van der Waals surface area (Å²) in [4.78, 5) is 0. The summed E-state index contributed by atoms with van der Waals surface area (Å²) in [7, 11) is 2.16. The maximum atomic E-state index is 6.91. The van der Waals surface area contributed by atoms with Gasteiger partial charge in [-0.15, -0.1) is 0 Å². The van der Waals surface area contributed by atoms with Crippen LogP contribution in [0, 0.1) is 19.3 Å². The van der Waals surface area contributed by atoms with Crippen LogP contribution in [-0.2, 0) is 13.5 Å². The quantitative estimate of drug-likeness (QED) is 0.190. The van der Waals surface area contributed by atoms with Crippen molar-refractivity contribution in [1.29, 1.82) is 0 Å². The van der Waals surface area contributed by atoms with Gasteiger partial charge in [0.1, 0.15) is 18.5 Å². The Balaban J connectivity index is 1.83. The summed E-state index contributed by atoms with van der Waals surface area (Å²) in [6, 6.07) is 19.9. The van der Waals surface area contributed by atoms with Crippen LogP contribution in [0.5, 0.6) is 11.5 Å². The standard InChI is InChI=1S/C31H30NO/c1-18-11-12-21-19(2)27-29-28-23(13-14-32(29)6)22-10-8-7-9-20(22)16-26(28)33-30(27)25(24(21)15-18)17-31(3,4)5/h7-16H,17H2,1-6H3/q+1. The van der Waals surface area contributed by atoms with Crippen molar-refractivity contribution in [2.24, 2.45) is 12.5 Å². The largest absolute Gasteiger partial charge is 0.455 e. The van der Waals surface area contributed by atoms with Gasteiger partial charge in [0.2, 0.25) is 5.69 Å². The smallest absolute Gasteiger partial charge is 0.228 e. The number of aryl methyl sites for hydroxylation is 3. The molecule has 1 aliphatic heterocycles. The summed E-state index contributed by atoms with van der Waals surface area (Å²) in [5.74, 6) is 2.00. The van der Waals surface area contributed by atoms with E-state index in [0.717, 1.165) is 17.9 Å². The number of hydrogen-bond donors (Lipinski definition) is 0. The Hall–Kier alpha value is -3.39. The SMILES string of the molecule is Cc1ccc2c(C)c3c(c(CC(C)(C)C)c2c1)Oc1cc2ccccc2c2cc[n+](C)c-3c12. The molecule has 0 radical (unpaired) electrons. The molecule has 0 saturated heterocycles. The second kappa shape index (κ2) is 6.81. The minimum atomic E-state index is 0.140. The highest BCUT2D eigenvalue weighted by Gasteiger charge is 2.34. The third-order valence-electron chi connectivity index (χ3n) is 7.04. The average molecular weight is 433 g/mol. The van der Waals surface area contributed by atoms with Gasteiger partial charge in [-0.25, -0.2) is 4.57 Å². The van der Waals surface area contributed by atoms with Gasteiger partial charge in [-0.3, -0.25) is 0 Å². The molecule has 0 unspecified atom stereocenters. The Morgan fingerprint density at radius 1 is 0.848 bits per heavy atom. The molecule has 5 aromatic rings. The van der Waals surface area contributed by atoms with Crippen molar-refractivity contribution in [1.82, 2.24) is 0 Å². The van der Waals surface area contributed by atoms with Crippen molar-refractivity contribution in [2.45, 2.75) is 41.0 Å². The van der Waals surface area contributed by atoms with E-state index in [1.165, 1.54) is 60.3 Å². The first-order valence-electron chi connectivity index (χ1n) is 11.8. The molecule has 0 spiro atoms. The Morgan fingerprint density at radius 2 is 1.64 bits per heavy atom. The predicted molar refractivity (Wildman–Crippen MR) is 138 cm³/mol. The van der Waals surface area contributed by atoms with E-state index in [2.05, 4.69) is 107 Å².